The molecule has 1 saturated heterocycles. The molecule has 27 heavy (non-hydrogen) atoms. The molecule has 2 aromatic rings. The lowest BCUT2D eigenvalue weighted by atomic mass is 9.78. The van der Waals surface area contributed by atoms with E-state index in [0.29, 0.717) is 5.92 Å². The Kier molecular flexibility index (Phi) is 4.25. The van der Waals surface area contributed by atoms with Gasteiger partial charge in [-0.05, 0) is 48.8 Å². The van der Waals surface area contributed by atoms with Crippen LogP contribution in [0.1, 0.15) is 66.1 Å². The van der Waals surface area contributed by atoms with Gasteiger partial charge in [0, 0.05) is 18.0 Å². The number of hydrogen-bond acceptors (Lipinski definition) is 3. The Morgan fingerprint density at radius 2 is 1.70 bits per heavy atom. The molecule has 2 heterocycles. The lowest BCUT2D eigenvalue weighted by Gasteiger charge is -2.34. The summed E-state index contributed by atoms with van der Waals surface area (Å²) in [5.41, 5.74) is 10.8. The standard InChI is InChI=1S/C23H26N2O2/c24-22(26)21-18-10-3-4-11-19(18)23-25(21)14-6-13-20(27-23)17-12-5-8-15-7-1-2-9-16(15)17/h1-4,7,9-11,17,20-21,23H,5-6,8,12-14H2,(H2,24,26)/t17-,20?,21?,23?/m1/s1. The second kappa shape index (κ2) is 6.77. The molecule has 140 valence electrons. The summed E-state index contributed by atoms with van der Waals surface area (Å²) >= 11 is 0. The molecule has 4 nitrogen and oxygen atoms in total. The van der Waals surface area contributed by atoms with Crippen LogP contribution in [0.4, 0.5) is 0 Å². The van der Waals surface area contributed by atoms with Crippen LogP contribution in [0.2, 0.25) is 0 Å². The Labute approximate surface area is 160 Å². The number of amides is 1. The largest absolute Gasteiger partial charge is 0.368 e. The monoisotopic (exact) mass is 362 g/mol. The Morgan fingerprint density at radius 3 is 2.52 bits per heavy atom. The average Bonchev–Trinajstić information content (AvgIpc) is 2.85. The van der Waals surface area contributed by atoms with Crippen molar-refractivity contribution in [1.29, 1.82) is 0 Å². The van der Waals surface area contributed by atoms with Crippen molar-refractivity contribution in [3.05, 3.63) is 70.8 Å². The van der Waals surface area contributed by atoms with Gasteiger partial charge in [0.25, 0.3) is 0 Å². The molecular formula is C23H26N2O2. The third-order valence-corrected chi connectivity index (χ3v) is 6.53. The lowest BCUT2D eigenvalue weighted by molar-refractivity contribution is -0.133. The summed E-state index contributed by atoms with van der Waals surface area (Å²) < 4.78 is 6.76. The fourth-order valence-electron chi connectivity index (χ4n) is 5.37. The van der Waals surface area contributed by atoms with Crippen LogP contribution in [0, 0.1) is 0 Å². The smallest absolute Gasteiger partial charge is 0.239 e. The zero-order valence-corrected chi connectivity index (χ0v) is 15.5. The zero-order valence-electron chi connectivity index (χ0n) is 15.5. The highest BCUT2D eigenvalue weighted by molar-refractivity contribution is 5.83. The van der Waals surface area contributed by atoms with Crippen LogP contribution >= 0.6 is 0 Å². The number of benzene rings is 2. The minimum absolute atomic E-state index is 0.166. The van der Waals surface area contributed by atoms with Gasteiger partial charge in [-0.1, -0.05) is 48.5 Å². The van der Waals surface area contributed by atoms with E-state index in [1.165, 1.54) is 30.4 Å². The normalized spacial score (nSPS) is 30.1. The molecule has 0 bridgehead atoms. The van der Waals surface area contributed by atoms with Crippen molar-refractivity contribution in [3.63, 3.8) is 0 Å². The number of carbonyl (C=O) groups excluding carboxylic acids is 1. The summed E-state index contributed by atoms with van der Waals surface area (Å²) in [5.74, 6) is 0.157. The van der Waals surface area contributed by atoms with E-state index >= 15 is 0 Å². The van der Waals surface area contributed by atoms with E-state index in [0.717, 1.165) is 30.5 Å². The number of carbonyl (C=O) groups is 1. The molecule has 2 aromatic carbocycles. The molecule has 0 aromatic heterocycles. The van der Waals surface area contributed by atoms with E-state index in [1.54, 1.807) is 0 Å². The van der Waals surface area contributed by atoms with Crippen LogP contribution in [-0.4, -0.2) is 23.5 Å². The number of hydrogen-bond donors (Lipinski definition) is 1. The van der Waals surface area contributed by atoms with Crippen LogP contribution in [0.5, 0.6) is 0 Å². The second-order valence-electron chi connectivity index (χ2n) is 8.04. The van der Waals surface area contributed by atoms with E-state index in [-0.39, 0.29) is 24.3 Å². The number of nitrogens with two attached hydrogens (primary N) is 1. The van der Waals surface area contributed by atoms with E-state index < -0.39 is 0 Å². The number of primary amides is 1. The predicted octanol–water partition coefficient (Wildman–Crippen LogP) is 3.83. The molecule has 4 heteroatoms. The summed E-state index contributed by atoms with van der Waals surface area (Å²) in [6.07, 6.45) is 5.63. The van der Waals surface area contributed by atoms with Crippen LogP contribution in [0.25, 0.3) is 0 Å². The molecule has 1 amide bonds. The number of ether oxygens (including phenoxy) is 1. The van der Waals surface area contributed by atoms with Crippen LogP contribution in [-0.2, 0) is 16.0 Å². The van der Waals surface area contributed by atoms with Crippen molar-refractivity contribution >= 4 is 5.91 Å². The molecule has 0 radical (unpaired) electrons. The van der Waals surface area contributed by atoms with Crippen molar-refractivity contribution < 1.29 is 9.53 Å². The first kappa shape index (κ1) is 17.0. The molecule has 3 unspecified atom stereocenters. The van der Waals surface area contributed by atoms with Crippen LogP contribution in [0.3, 0.4) is 0 Å². The number of aryl methyl sites for hydroxylation is 1. The Balaban J connectivity index is 1.50. The first-order chi connectivity index (χ1) is 13.2. The third-order valence-electron chi connectivity index (χ3n) is 6.53. The highest BCUT2D eigenvalue weighted by Gasteiger charge is 2.45. The van der Waals surface area contributed by atoms with Gasteiger partial charge in [-0.3, -0.25) is 9.69 Å². The van der Waals surface area contributed by atoms with Crippen LogP contribution < -0.4 is 5.73 Å². The van der Waals surface area contributed by atoms with Gasteiger partial charge in [-0.25, -0.2) is 0 Å². The first-order valence-corrected chi connectivity index (χ1v) is 10.1. The predicted molar refractivity (Wildman–Crippen MR) is 104 cm³/mol. The van der Waals surface area contributed by atoms with Gasteiger partial charge in [0.15, 0.2) is 0 Å². The minimum Gasteiger partial charge on any atom is -0.368 e. The summed E-state index contributed by atoms with van der Waals surface area (Å²) in [4.78, 5) is 14.4. The molecule has 4 atom stereocenters. The average molecular weight is 362 g/mol. The molecule has 3 aliphatic rings. The van der Waals surface area contributed by atoms with Gasteiger partial charge >= 0.3 is 0 Å². The Morgan fingerprint density at radius 1 is 0.963 bits per heavy atom. The van der Waals surface area contributed by atoms with Gasteiger partial charge in [-0.2, -0.15) is 0 Å². The maximum absolute atomic E-state index is 12.2. The number of rotatable bonds is 2. The zero-order chi connectivity index (χ0) is 18.4. The lowest BCUT2D eigenvalue weighted by Crippen LogP contribution is -2.36. The summed E-state index contributed by atoms with van der Waals surface area (Å²) in [5, 5.41) is 0. The Bertz CT molecular complexity index is 865. The quantitative estimate of drug-likeness (QED) is 0.883. The molecule has 0 spiro atoms. The molecular weight excluding hydrogens is 336 g/mol. The van der Waals surface area contributed by atoms with Gasteiger partial charge < -0.3 is 10.5 Å². The first-order valence-electron chi connectivity index (χ1n) is 10.1. The molecule has 5 rings (SSSR count). The highest BCUT2D eigenvalue weighted by Crippen LogP contribution is 2.47. The van der Waals surface area contributed by atoms with Gasteiger partial charge in [0.1, 0.15) is 12.3 Å². The van der Waals surface area contributed by atoms with E-state index in [1.807, 2.05) is 18.2 Å². The topological polar surface area (TPSA) is 55.6 Å². The van der Waals surface area contributed by atoms with Gasteiger partial charge in [0.05, 0.1) is 6.10 Å². The van der Waals surface area contributed by atoms with Crippen LogP contribution in [0.15, 0.2) is 48.5 Å². The molecule has 1 fully saturated rings. The van der Waals surface area contributed by atoms with E-state index in [4.69, 9.17) is 10.5 Å². The van der Waals surface area contributed by atoms with Crippen molar-refractivity contribution in [1.82, 2.24) is 4.90 Å². The minimum atomic E-state index is -0.372. The summed E-state index contributed by atoms with van der Waals surface area (Å²) in [6.45, 7) is 0.845. The van der Waals surface area contributed by atoms with Crippen molar-refractivity contribution in [2.24, 2.45) is 5.73 Å². The fourth-order valence-corrected chi connectivity index (χ4v) is 5.37. The SMILES string of the molecule is NC(=O)C1c2ccccc2C2OC([C@@H]3CCCc4ccccc43)CCCN21. The summed E-state index contributed by atoms with van der Waals surface area (Å²) in [7, 11) is 0. The maximum Gasteiger partial charge on any atom is 0.239 e. The molecule has 2 aliphatic heterocycles. The Hall–Kier alpha value is -2.17. The maximum atomic E-state index is 12.2. The molecule has 1 aliphatic carbocycles. The highest BCUT2D eigenvalue weighted by atomic mass is 16.5. The molecule has 0 saturated carbocycles. The van der Waals surface area contributed by atoms with E-state index in [9.17, 15) is 4.79 Å². The van der Waals surface area contributed by atoms with Gasteiger partial charge in [0.2, 0.25) is 5.91 Å². The van der Waals surface area contributed by atoms with Gasteiger partial charge in [-0.15, -0.1) is 0 Å². The fraction of sp³-hybridized carbons (Fsp3) is 0.435. The van der Waals surface area contributed by atoms with Crippen molar-refractivity contribution in [2.75, 3.05) is 6.54 Å². The molecule has 2 N–H and O–H groups in total. The second-order valence-corrected chi connectivity index (χ2v) is 8.04. The number of nitrogens with zero attached hydrogens (tertiary/aromatic N) is 1. The third kappa shape index (κ3) is 2.79. The van der Waals surface area contributed by atoms with E-state index in [2.05, 4.69) is 35.2 Å². The van der Waals surface area contributed by atoms with Crippen molar-refractivity contribution in [2.45, 2.75) is 56.4 Å². The van der Waals surface area contributed by atoms with Crippen molar-refractivity contribution in [3.8, 4) is 0 Å². The summed E-state index contributed by atoms with van der Waals surface area (Å²) in [6, 6.07) is 16.6. The number of fused-ring (bicyclic) bond motifs is 4.